The summed E-state index contributed by atoms with van der Waals surface area (Å²) in [7, 11) is -4.33. The highest BCUT2D eigenvalue weighted by Gasteiger charge is 2.50. The molecule has 2 aliphatic rings. The van der Waals surface area contributed by atoms with Gasteiger partial charge in [-0.1, -0.05) is 76.9 Å². The van der Waals surface area contributed by atoms with E-state index < -0.39 is 25.7 Å². The summed E-state index contributed by atoms with van der Waals surface area (Å²) in [6.45, 7) is 24.8. The number of aromatic nitrogens is 4. The number of aliphatic imine (C=N–C) groups is 2. The van der Waals surface area contributed by atoms with E-state index >= 15 is 0 Å². The largest absolute Gasteiger partial charge is 0.744 e. The number of imidazole rings is 2. The third kappa shape index (κ3) is 14.3. The quantitative estimate of drug-likeness (QED) is 0.0734. The second kappa shape index (κ2) is 21.1. The van der Waals surface area contributed by atoms with Crippen LogP contribution in [-0.2, 0) is 56.9 Å². The molecule has 0 N–H and O–H groups in total. The highest BCUT2D eigenvalue weighted by atomic mass is 32.2. The Hall–Kier alpha value is -4.38. The molecule has 4 aromatic rings. The Bertz CT molecular complexity index is 2240. The van der Waals surface area contributed by atoms with Crippen molar-refractivity contribution in [2.24, 2.45) is 40.3 Å². The first-order valence-electron chi connectivity index (χ1n) is 21.7. The minimum atomic E-state index is -4.27. The third-order valence-corrected chi connectivity index (χ3v) is 13.7. The van der Waals surface area contributed by atoms with E-state index in [-0.39, 0.29) is 32.7 Å². The number of hydrogen-bond donors (Lipinski definition) is 0. The Balaban J connectivity index is 0.000000320. The number of aryl methyl sites for hydroxylation is 6. The van der Waals surface area contributed by atoms with E-state index in [1.165, 1.54) is 35.9 Å². The maximum Gasteiger partial charge on any atom is 0.253 e. The SMILES string of the molecule is Cc1ccc(S(=O)(=O)[O-])cc1.Cc1ccc(S(=O)(=O)[O-])cc1.Cc1n(CCCCC(CCCCn2cc[n+](C)c2C)(C2=N[C@@H](C(C)(C)C)CO2)C2=N[C@@H](C(C)(C)C)CO2)cc[n+]1C. The molecule has 348 valence electrons. The first-order chi connectivity index (χ1) is 29.2. The van der Waals surface area contributed by atoms with Crippen LogP contribution in [0.25, 0.3) is 0 Å². The third-order valence-electron chi connectivity index (χ3n) is 12.0. The van der Waals surface area contributed by atoms with Crippen LogP contribution in [0.4, 0.5) is 0 Å². The van der Waals surface area contributed by atoms with E-state index in [9.17, 15) is 25.9 Å². The Morgan fingerprint density at radius 3 is 1.19 bits per heavy atom. The first-order valence-corrected chi connectivity index (χ1v) is 24.5. The van der Waals surface area contributed by atoms with Crippen molar-refractivity contribution >= 4 is 32.0 Å². The normalized spacial score (nSPS) is 16.9. The van der Waals surface area contributed by atoms with Crippen molar-refractivity contribution in [2.75, 3.05) is 13.2 Å². The molecule has 2 atom stereocenters. The number of nitrogens with zero attached hydrogens (tertiary/aromatic N) is 6. The van der Waals surface area contributed by atoms with Crippen LogP contribution in [0.5, 0.6) is 0 Å². The fourth-order valence-corrected chi connectivity index (χ4v) is 8.24. The molecule has 2 aliphatic heterocycles. The van der Waals surface area contributed by atoms with Crippen LogP contribution in [0.1, 0.15) is 103 Å². The molecule has 0 spiro atoms. The predicted molar refractivity (Wildman–Crippen MR) is 242 cm³/mol. The average molecular weight is 911 g/mol. The lowest BCUT2D eigenvalue weighted by molar-refractivity contribution is -0.677. The van der Waals surface area contributed by atoms with Gasteiger partial charge in [0, 0.05) is 13.8 Å². The molecule has 0 amide bonds. The zero-order valence-corrected chi connectivity index (χ0v) is 41.1. The zero-order valence-electron chi connectivity index (χ0n) is 39.4. The lowest BCUT2D eigenvalue weighted by atomic mass is 9.77. The molecule has 0 aliphatic carbocycles. The van der Waals surface area contributed by atoms with Crippen LogP contribution in [-0.4, -0.2) is 72.2 Å². The van der Waals surface area contributed by atoms with Gasteiger partial charge in [0.25, 0.3) is 11.6 Å². The monoisotopic (exact) mass is 910 g/mol. The molecule has 2 aromatic carbocycles. The van der Waals surface area contributed by atoms with E-state index in [0.29, 0.717) is 13.2 Å². The van der Waals surface area contributed by atoms with Crippen LogP contribution < -0.4 is 9.13 Å². The second-order valence-corrected chi connectivity index (χ2v) is 21.8. The van der Waals surface area contributed by atoms with Gasteiger partial charge in [0.15, 0.2) is 11.8 Å². The first kappa shape index (κ1) is 51.3. The minimum absolute atomic E-state index is 0.0444. The van der Waals surface area contributed by atoms with Gasteiger partial charge in [0.05, 0.1) is 49.1 Å². The summed E-state index contributed by atoms with van der Waals surface area (Å²) in [4.78, 5) is 10.2. The summed E-state index contributed by atoms with van der Waals surface area (Å²) in [6.07, 6.45) is 14.8. The molecule has 0 saturated heterocycles. The average Bonchev–Trinajstić information content (AvgIpc) is 4.01. The molecule has 0 unspecified atom stereocenters. The van der Waals surface area contributed by atoms with E-state index in [4.69, 9.17) is 19.5 Å². The van der Waals surface area contributed by atoms with Crippen molar-refractivity contribution in [3.63, 3.8) is 0 Å². The number of unbranched alkanes of at least 4 members (excludes halogenated alkanes) is 2. The lowest BCUT2D eigenvalue weighted by Gasteiger charge is -2.32. The molecule has 0 bridgehead atoms. The van der Waals surface area contributed by atoms with E-state index in [1.807, 2.05) is 13.8 Å². The van der Waals surface area contributed by atoms with Gasteiger partial charge in [-0.25, -0.2) is 45.1 Å². The van der Waals surface area contributed by atoms with Crippen molar-refractivity contribution in [3.05, 3.63) is 96.1 Å². The number of benzene rings is 2. The molecule has 2 aromatic heterocycles. The van der Waals surface area contributed by atoms with Gasteiger partial charge in [0.2, 0.25) is 0 Å². The fraction of sp³-hybridized carbons (Fsp3) is 0.574. The topological polar surface area (TPSA) is 175 Å². The van der Waals surface area contributed by atoms with Crippen molar-refractivity contribution < 1.29 is 44.5 Å². The van der Waals surface area contributed by atoms with Gasteiger partial charge >= 0.3 is 0 Å². The maximum absolute atomic E-state index is 10.4. The molecule has 0 fully saturated rings. The molecular weight excluding hydrogens is 841 g/mol. The fourth-order valence-electron chi connectivity index (χ4n) is 7.30. The van der Waals surface area contributed by atoms with Crippen LogP contribution in [0.2, 0.25) is 0 Å². The van der Waals surface area contributed by atoms with Crippen LogP contribution in [0.15, 0.2) is 93.1 Å². The molecule has 63 heavy (non-hydrogen) atoms. The second-order valence-electron chi connectivity index (χ2n) is 19.1. The summed E-state index contributed by atoms with van der Waals surface area (Å²) >= 11 is 0. The van der Waals surface area contributed by atoms with E-state index in [1.54, 1.807) is 24.3 Å². The molecule has 14 nitrogen and oxygen atoms in total. The Morgan fingerprint density at radius 2 is 0.937 bits per heavy atom. The van der Waals surface area contributed by atoms with Crippen molar-refractivity contribution in [2.45, 2.75) is 143 Å². The molecule has 4 heterocycles. The summed E-state index contributed by atoms with van der Waals surface area (Å²) in [5, 5.41) is 0. The van der Waals surface area contributed by atoms with Crippen LogP contribution in [0.3, 0.4) is 0 Å². The number of ether oxygens (including phenoxy) is 2. The van der Waals surface area contributed by atoms with Crippen molar-refractivity contribution in [1.29, 1.82) is 0 Å². The van der Waals surface area contributed by atoms with Gasteiger partial charge in [-0.15, -0.1) is 0 Å². The van der Waals surface area contributed by atoms with E-state index in [2.05, 4.69) is 113 Å². The highest BCUT2D eigenvalue weighted by Crippen LogP contribution is 2.43. The molecular formula is C47H70N6O8S2. The smallest absolute Gasteiger partial charge is 0.253 e. The lowest BCUT2D eigenvalue weighted by Crippen LogP contribution is -2.40. The van der Waals surface area contributed by atoms with Gasteiger partial charge in [0.1, 0.15) is 63.7 Å². The van der Waals surface area contributed by atoms with Crippen molar-refractivity contribution in [1.82, 2.24) is 9.13 Å². The molecule has 6 rings (SSSR count). The maximum atomic E-state index is 10.4. The van der Waals surface area contributed by atoms with Gasteiger partial charge in [-0.3, -0.25) is 0 Å². The number of hydrogen-bond acceptors (Lipinski definition) is 10. The summed E-state index contributed by atoms with van der Waals surface area (Å²) in [6, 6.07) is 11.8. The Labute approximate surface area is 376 Å². The van der Waals surface area contributed by atoms with Gasteiger partial charge < -0.3 is 18.6 Å². The molecule has 0 radical (unpaired) electrons. The minimum Gasteiger partial charge on any atom is -0.744 e. The summed E-state index contributed by atoms with van der Waals surface area (Å²) < 4.78 is 84.5. The Kier molecular flexibility index (Phi) is 17.1. The van der Waals surface area contributed by atoms with Crippen molar-refractivity contribution in [3.8, 4) is 0 Å². The van der Waals surface area contributed by atoms with Crippen LogP contribution >= 0.6 is 0 Å². The number of rotatable bonds is 14. The Morgan fingerprint density at radius 1 is 0.603 bits per heavy atom. The summed E-state index contributed by atoms with van der Waals surface area (Å²) in [5.41, 5.74) is 1.52. The summed E-state index contributed by atoms with van der Waals surface area (Å²) in [5.74, 6) is 4.27. The van der Waals surface area contributed by atoms with Gasteiger partial charge in [-0.05, 0) is 87.5 Å². The highest BCUT2D eigenvalue weighted by molar-refractivity contribution is 7.86. The zero-order chi connectivity index (χ0) is 47.0. The van der Waals surface area contributed by atoms with E-state index in [0.717, 1.165) is 74.5 Å². The predicted octanol–water partition coefficient (Wildman–Crippen LogP) is 7.07. The van der Waals surface area contributed by atoms with Crippen LogP contribution in [0, 0.1) is 43.9 Å². The molecule has 0 saturated carbocycles. The van der Waals surface area contributed by atoms with Gasteiger partial charge in [-0.2, -0.15) is 0 Å². The molecule has 16 heteroatoms. The standard InChI is InChI=1S/C33H56N6O2.2C7H8O3S/c1-25-36(9)19-21-38(25)17-13-11-15-33(29-34-27(23-40-29)31(3,4)5,30-35-28(24-41-30)32(6,7)8)16-12-14-18-39-22-20-37(10)26(39)2;2*1-6-2-4-7(5-3-6)11(8,9)10/h19-22,27-28H,11-18,23-24H2,1-10H3;2*2-5H,1H3,(H,8,9,10)/q+2;;/p-2/t27-,28-;;/m1../s1.